The third-order valence-corrected chi connectivity index (χ3v) is 4.39. The first kappa shape index (κ1) is 17.3. The number of hydrogen-bond acceptors (Lipinski definition) is 3. The van der Waals surface area contributed by atoms with Gasteiger partial charge in [-0.1, -0.05) is 0 Å². The summed E-state index contributed by atoms with van der Waals surface area (Å²) in [7, 11) is 1.92. The second-order valence-electron chi connectivity index (χ2n) is 6.34. The van der Waals surface area contributed by atoms with Gasteiger partial charge in [-0.3, -0.25) is 9.48 Å². The Morgan fingerprint density at radius 1 is 1.43 bits per heavy atom. The fourth-order valence-electron chi connectivity index (χ4n) is 2.97. The highest BCUT2D eigenvalue weighted by molar-refractivity contribution is 5.87. The Hall–Kier alpha value is -2.05. The van der Waals surface area contributed by atoms with Crippen LogP contribution in [0.1, 0.15) is 43.1 Å². The molecule has 0 bridgehead atoms. The van der Waals surface area contributed by atoms with Crippen LogP contribution in [0.15, 0.2) is 0 Å². The van der Waals surface area contributed by atoms with Crippen LogP contribution in [-0.2, 0) is 18.3 Å². The largest absolute Gasteiger partial charge is 0.354 e. The van der Waals surface area contributed by atoms with Crippen molar-refractivity contribution in [1.29, 1.82) is 0 Å². The van der Waals surface area contributed by atoms with E-state index in [9.17, 15) is 9.59 Å². The molecule has 2 atom stereocenters. The second-order valence-corrected chi connectivity index (χ2v) is 6.34. The molecule has 0 aliphatic carbocycles. The van der Waals surface area contributed by atoms with Crippen molar-refractivity contribution in [2.24, 2.45) is 7.05 Å². The molecule has 3 amide bonds. The Balaban J connectivity index is 1.88. The van der Waals surface area contributed by atoms with Crippen LogP contribution in [0.3, 0.4) is 0 Å². The van der Waals surface area contributed by atoms with Crippen molar-refractivity contribution in [2.45, 2.75) is 58.5 Å². The molecule has 23 heavy (non-hydrogen) atoms. The van der Waals surface area contributed by atoms with E-state index >= 15 is 0 Å². The number of hydrogen-bond donors (Lipinski definition) is 3. The van der Waals surface area contributed by atoms with Gasteiger partial charge in [-0.2, -0.15) is 5.10 Å². The van der Waals surface area contributed by atoms with Crippen LogP contribution in [0.5, 0.6) is 0 Å². The normalized spacial score (nSPS) is 19.7. The van der Waals surface area contributed by atoms with E-state index in [0.29, 0.717) is 13.0 Å². The Labute approximate surface area is 137 Å². The molecule has 7 heteroatoms. The molecule has 1 fully saturated rings. The van der Waals surface area contributed by atoms with E-state index in [-0.39, 0.29) is 18.0 Å². The van der Waals surface area contributed by atoms with Gasteiger partial charge in [-0.05, 0) is 52.0 Å². The molecular formula is C16H27N5O2. The Morgan fingerprint density at radius 3 is 2.83 bits per heavy atom. The molecular weight excluding hydrogens is 294 g/mol. The summed E-state index contributed by atoms with van der Waals surface area (Å²) in [5.74, 6) is -0.0933. The first-order valence-electron chi connectivity index (χ1n) is 8.22. The quantitative estimate of drug-likeness (QED) is 0.771. The summed E-state index contributed by atoms with van der Waals surface area (Å²) in [5, 5.41) is 12.9. The zero-order valence-corrected chi connectivity index (χ0v) is 14.4. The van der Waals surface area contributed by atoms with Gasteiger partial charge in [-0.25, -0.2) is 4.79 Å². The van der Waals surface area contributed by atoms with Gasteiger partial charge < -0.3 is 16.0 Å². The summed E-state index contributed by atoms with van der Waals surface area (Å²) < 4.78 is 1.85. The van der Waals surface area contributed by atoms with E-state index in [1.807, 2.05) is 32.5 Å². The average molecular weight is 321 g/mol. The molecule has 0 aromatic carbocycles. The van der Waals surface area contributed by atoms with Crippen molar-refractivity contribution in [3.05, 3.63) is 17.0 Å². The average Bonchev–Trinajstić information content (AvgIpc) is 2.65. The molecule has 3 N–H and O–H groups in total. The summed E-state index contributed by atoms with van der Waals surface area (Å²) in [5.41, 5.74) is 3.26. The fourth-order valence-corrected chi connectivity index (χ4v) is 2.97. The Kier molecular flexibility index (Phi) is 5.63. The third kappa shape index (κ3) is 4.46. The number of urea groups is 1. The third-order valence-electron chi connectivity index (χ3n) is 4.39. The van der Waals surface area contributed by atoms with Crippen molar-refractivity contribution >= 4 is 11.9 Å². The molecule has 1 aliphatic heterocycles. The van der Waals surface area contributed by atoms with Crippen LogP contribution in [0.4, 0.5) is 4.79 Å². The second kappa shape index (κ2) is 7.48. The van der Waals surface area contributed by atoms with Crippen LogP contribution in [0.2, 0.25) is 0 Å². The van der Waals surface area contributed by atoms with E-state index in [4.69, 9.17) is 0 Å². The fraction of sp³-hybridized carbons (Fsp3) is 0.688. The molecule has 0 saturated carbocycles. The van der Waals surface area contributed by atoms with E-state index in [0.717, 1.165) is 36.2 Å². The van der Waals surface area contributed by atoms with Crippen molar-refractivity contribution < 1.29 is 9.59 Å². The van der Waals surface area contributed by atoms with Gasteiger partial charge in [0.2, 0.25) is 5.91 Å². The molecule has 2 unspecified atom stereocenters. The number of aryl methyl sites for hydroxylation is 2. The van der Waals surface area contributed by atoms with Crippen LogP contribution < -0.4 is 16.0 Å². The molecule has 0 radical (unpaired) electrons. The summed E-state index contributed by atoms with van der Waals surface area (Å²) in [6.45, 7) is 6.65. The topological polar surface area (TPSA) is 88.1 Å². The number of carbonyl (C=O) groups is 2. The summed E-state index contributed by atoms with van der Waals surface area (Å²) in [4.78, 5) is 24.0. The van der Waals surface area contributed by atoms with E-state index in [1.165, 1.54) is 0 Å². The van der Waals surface area contributed by atoms with Crippen molar-refractivity contribution in [1.82, 2.24) is 25.7 Å². The first-order chi connectivity index (χ1) is 10.9. The lowest BCUT2D eigenvalue weighted by Crippen LogP contribution is -2.51. The minimum Gasteiger partial charge on any atom is -0.354 e. The predicted molar refractivity (Wildman–Crippen MR) is 88.2 cm³/mol. The van der Waals surface area contributed by atoms with E-state index < -0.39 is 6.04 Å². The maximum atomic E-state index is 12.1. The SMILES string of the molecule is Cc1nn(C)c(C)c1CC(C)NC(=O)NC1CCCCNC1=O. The summed E-state index contributed by atoms with van der Waals surface area (Å²) in [6.07, 6.45) is 3.30. The first-order valence-corrected chi connectivity index (χ1v) is 8.22. The van der Waals surface area contributed by atoms with Crippen molar-refractivity contribution in [2.75, 3.05) is 6.54 Å². The van der Waals surface area contributed by atoms with Crippen molar-refractivity contribution in [3.8, 4) is 0 Å². The maximum absolute atomic E-state index is 12.1. The molecule has 128 valence electrons. The zero-order valence-electron chi connectivity index (χ0n) is 14.4. The van der Waals surface area contributed by atoms with Crippen molar-refractivity contribution in [3.63, 3.8) is 0 Å². The van der Waals surface area contributed by atoms with Gasteiger partial charge in [0.25, 0.3) is 0 Å². The highest BCUT2D eigenvalue weighted by Crippen LogP contribution is 2.14. The van der Waals surface area contributed by atoms with Gasteiger partial charge >= 0.3 is 6.03 Å². The molecule has 2 rings (SSSR count). The molecule has 0 spiro atoms. The molecule has 1 aromatic heterocycles. The molecule has 7 nitrogen and oxygen atoms in total. The molecule has 1 saturated heterocycles. The van der Waals surface area contributed by atoms with Crippen LogP contribution in [0, 0.1) is 13.8 Å². The van der Waals surface area contributed by atoms with E-state index in [2.05, 4.69) is 21.0 Å². The minimum absolute atomic E-state index is 0.0366. The maximum Gasteiger partial charge on any atom is 0.315 e. The summed E-state index contributed by atoms with van der Waals surface area (Å²) in [6, 6.07) is -0.768. The van der Waals surface area contributed by atoms with Crippen LogP contribution in [-0.4, -0.2) is 40.3 Å². The lowest BCUT2D eigenvalue weighted by atomic mass is 10.1. The Morgan fingerprint density at radius 2 is 2.17 bits per heavy atom. The minimum atomic E-state index is -0.438. The van der Waals surface area contributed by atoms with Gasteiger partial charge in [0.15, 0.2) is 0 Å². The van der Waals surface area contributed by atoms with Crippen LogP contribution >= 0.6 is 0 Å². The lowest BCUT2D eigenvalue weighted by molar-refractivity contribution is -0.122. The van der Waals surface area contributed by atoms with Gasteiger partial charge in [0.1, 0.15) is 6.04 Å². The lowest BCUT2D eigenvalue weighted by Gasteiger charge is -2.19. The van der Waals surface area contributed by atoms with Gasteiger partial charge in [-0.15, -0.1) is 0 Å². The molecule has 1 aromatic rings. The van der Waals surface area contributed by atoms with E-state index in [1.54, 1.807) is 0 Å². The molecule has 2 heterocycles. The monoisotopic (exact) mass is 321 g/mol. The Bertz CT molecular complexity index is 581. The number of amides is 3. The standard InChI is InChI=1S/C16H27N5O2/c1-10(9-13-11(2)20-21(4)12(13)3)18-16(23)19-14-7-5-6-8-17-15(14)22/h10,14H,5-9H2,1-4H3,(H,17,22)(H2,18,19,23). The number of nitrogens with one attached hydrogen (secondary N) is 3. The highest BCUT2D eigenvalue weighted by atomic mass is 16.2. The summed E-state index contributed by atoms with van der Waals surface area (Å²) >= 11 is 0. The zero-order chi connectivity index (χ0) is 17.0. The van der Waals surface area contributed by atoms with Gasteiger partial charge in [0, 0.05) is 25.3 Å². The number of rotatable bonds is 4. The van der Waals surface area contributed by atoms with Crippen LogP contribution in [0.25, 0.3) is 0 Å². The smallest absolute Gasteiger partial charge is 0.315 e. The highest BCUT2D eigenvalue weighted by Gasteiger charge is 2.23. The van der Waals surface area contributed by atoms with Gasteiger partial charge in [0.05, 0.1) is 5.69 Å². The number of aromatic nitrogens is 2. The number of nitrogens with zero attached hydrogens (tertiary/aromatic N) is 2. The number of carbonyl (C=O) groups excluding carboxylic acids is 2. The molecule has 1 aliphatic rings. The predicted octanol–water partition coefficient (Wildman–Crippen LogP) is 0.936.